The SMILES string of the molecule is CCOC(=O)C1CCCN(C(=O)CCC2CCOCC2)C1. The highest BCUT2D eigenvalue weighted by Crippen LogP contribution is 2.23. The van der Waals surface area contributed by atoms with Crippen molar-refractivity contribution in [3.05, 3.63) is 0 Å². The van der Waals surface area contributed by atoms with Crippen LogP contribution in [0.15, 0.2) is 0 Å². The van der Waals surface area contributed by atoms with E-state index in [0.717, 1.165) is 51.9 Å². The molecule has 0 aromatic rings. The molecular formula is C16H27NO4. The zero-order valence-corrected chi connectivity index (χ0v) is 13.0. The van der Waals surface area contributed by atoms with Crippen molar-refractivity contribution < 1.29 is 19.1 Å². The number of esters is 1. The Labute approximate surface area is 127 Å². The molecule has 0 N–H and O–H groups in total. The maximum absolute atomic E-state index is 12.3. The molecule has 0 aliphatic carbocycles. The Morgan fingerprint density at radius 2 is 2.00 bits per heavy atom. The van der Waals surface area contributed by atoms with E-state index in [1.807, 2.05) is 11.8 Å². The van der Waals surface area contributed by atoms with Crippen molar-refractivity contribution in [1.29, 1.82) is 0 Å². The standard InChI is InChI=1S/C16H27NO4/c1-2-21-16(19)14-4-3-9-17(12-14)15(18)6-5-13-7-10-20-11-8-13/h13-14H,2-12H2,1H3. The van der Waals surface area contributed by atoms with Crippen LogP contribution in [0.5, 0.6) is 0 Å². The molecule has 2 rings (SSSR count). The number of likely N-dealkylation sites (tertiary alicyclic amines) is 1. The number of nitrogens with zero attached hydrogens (tertiary/aromatic N) is 1. The monoisotopic (exact) mass is 297 g/mol. The van der Waals surface area contributed by atoms with Gasteiger partial charge in [-0.15, -0.1) is 0 Å². The Hall–Kier alpha value is -1.10. The van der Waals surface area contributed by atoms with Crippen LogP contribution in [0, 0.1) is 11.8 Å². The molecule has 2 heterocycles. The van der Waals surface area contributed by atoms with Gasteiger partial charge in [0.1, 0.15) is 0 Å². The van der Waals surface area contributed by atoms with Crippen LogP contribution in [0.25, 0.3) is 0 Å². The summed E-state index contributed by atoms with van der Waals surface area (Å²) in [5.74, 6) is 0.522. The van der Waals surface area contributed by atoms with Gasteiger partial charge in [-0.05, 0) is 44.9 Å². The average Bonchev–Trinajstić information content (AvgIpc) is 2.54. The summed E-state index contributed by atoms with van der Waals surface area (Å²) in [5, 5.41) is 0. The van der Waals surface area contributed by atoms with E-state index in [-0.39, 0.29) is 17.8 Å². The number of carbonyl (C=O) groups is 2. The molecule has 1 amide bonds. The molecule has 21 heavy (non-hydrogen) atoms. The van der Waals surface area contributed by atoms with Crippen LogP contribution in [0.3, 0.4) is 0 Å². The molecule has 120 valence electrons. The Balaban J connectivity index is 1.74. The lowest BCUT2D eigenvalue weighted by Crippen LogP contribution is -2.42. The van der Waals surface area contributed by atoms with Gasteiger partial charge in [0.15, 0.2) is 0 Å². The predicted octanol–water partition coefficient (Wildman–Crippen LogP) is 1.99. The topological polar surface area (TPSA) is 55.8 Å². The molecule has 0 aromatic heterocycles. The lowest BCUT2D eigenvalue weighted by Gasteiger charge is -2.32. The van der Waals surface area contributed by atoms with Crippen LogP contribution in [0.1, 0.15) is 45.4 Å². The normalized spacial score (nSPS) is 23.9. The number of ether oxygens (including phenoxy) is 2. The van der Waals surface area contributed by atoms with Crippen LogP contribution in [0.2, 0.25) is 0 Å². The lowest BCUT2D eigenvalue weighted by molar-refractivity contribution is -0.151. The van der Waals surface area contributed by atoms with Gasteiger partial charge in [-0.3, -0.25) is 9.59 Å². The van der Waals surface area contributed by atoms with E-state index in [2.05, 4.69) is 0 Å². The van der Waals surface area contributed by atoms with Crippen molar-refractivity contribution in [2.75, 3.05) is 32.9 Å². The van der Waals surface area contributed by atoms with E-state index < -0.39 is 0 Å². The minimum absolute atomic E-state index is 0.134. The molecule has 2 aliphatic rings. The van der Waals surface area contributed by atoms with Gasteiger partial charge in [-0.25, -0.2) is 0 Å². The molecule has 0 aromatic carbocycles. The van der Waals surface area contributed by atoms with Crippen molar-refractivity contribution in [3.8, 4) is 0 Å². The van der Waals surface area contributed by atoms with E-state index in [4.69, 9.17) is 9.47 Å². The van der Waals surface area contributed by atoms with Crippen molar-refractivity contribution in [1.82, 2.24) is 4.90 Å². The number of carbonyl (C=O) groups excluding carboxylic acids is 2. The molecular weight excluding hydrogens is 270 g/mol. The van der Waals surface area contributed by atoms with Gasteiger partial charge in [0, 0.05) is 32.7 Å². The quantitative estimate of drug-likeness (QED) is 0.728. The minimum atomic E-state index is -0.153. The summed E-state index contributed by atoms with van der Waals surface area (Å²) >= 11 is 0. The van der Waals surface area contributed by atoms with Crippen molar-refractivity contribution in [3.63, 3.8) is 0 Å². The largest absolute Gasteiger partial charge is 0.466 e. The first-order chi connectivity index (χ1) is 10.2. The number of hydrogen-bond donors (Lipinski definition) is 0. The smallest absolute Gasteiger partial charge is 0.310 e. The lowest BCUT2D eigenvalue weighted by atomic mass is 9.93. The van der Waals surface area contributed by atoms with Gasteiger partial charge >= 0.3 is 5.97 Å². The third-order valence-electron chi connectivity index (χ3n) is 4.50. The van der Waals surface area contributed by atoms with Crippen molar-refractivity contribution in [2.45, 2.75) is 45.4 Å². The second-order valence-electron chi connectivity index (χ2n) is 6.03. The van der Waals surface area contributed by atoms with E-state index in [1.54, 1.807) is 0 Å². The number of amides is 1. The molecule has 2 saturated heterocycles. The first kappa shape index (κ1) is 16.3. The number of rotatable bonds is 5. The van der Waals surface area contributed by atoms with Crippen LogP contribution in [-0.4, -0.2) is 49.7 Å². The zero-order valence-electron chi connectivity index (χ0n) is 13.0. The van der Waals surface area contributed by atoms with Gasteiger partial charge < -0.3 is 14.4 Å². The first-order valence-corrected chi connectivity index (χ1v) is 8.23. The summed E-state index contributed by atoms with van der Waals surface area (Å²) in [4.78, 5) is 26.0. The zero-order chi connectivity index (χ0) is 15.1. The Kier molecular flexibility index (Phi) is 6.49. The summed E-state index contributed by atoms with van der Waals surface area (Å²) in [6.07, 6.45) is 5.41. The van der Waals surface area contributed by atoms with Gasteiger partial charge in [-0.1, -0.05) is 0 Å². The van der Waals surface area contributed by atoms with E-state index in [0.29, 0.717) is 25.5 Å². The summed E-state index contributed by atoms with van der Waals surface area (Å²) in [5.41, 5.74) is 0. The third kappa shape index (κ3) is 4.99. The van der Waals surface area contributed by atoms with Crippen molar-refractivity contribution in [2.24, 2.45) is 11.8 Å². The van der Waals surface area contributed by atoms with Gasteiger partial charge in [0.25, 0.3) is 0 Å². The molecule has 1 atom stereocenters. The van der Waals surface area contributed by atoms with Crippen LogP contribution in [0.4, 0.5) is 0 Å². The Bertz CT molecular complexity index is 352. The number of piperidine rings is 1. The molecule has 5 heteroatoms. The molecule has 2 fully saturated rings. The summed E-state index contributed by atoms with van der Waals surface area (Å²) in [6, 6.07) is 0. The number of hydrogen-bond acceptors (Lipinski definition) is 4. The maximum Gasteiger partial charge on any atom is 0.310 e. The average molecular weight is 297 g/mol. The maximum atomic E-state index is 12.3. The van der Waals surface area contributed by atoms with Crippen LogP contribution < -0.4 is 0 Å². The fraction of sp³-hybridized carbons (Fsp3) is 0.875. The third-order valence-corrected chi connectivity index (χ3v) is 4.50. The summed E-state index contributed by atoms with van der Waals surface area (Å²) in [7, 11) is 0. The summed E-state index contributed by atoms with van der Waals surface area (Å²) < 4.78 is 10.4. The fourth-order valence-electron chi connectivity index (χ4n) is 3.18. The Morgan fingerprint density at radius 3 is 2.71 bits per heavy atom. The van der Waals surface area contributed by atoms with Gasteiger partial charge in [0.2, 0.25) is 5.91 Å². The van der Waals surface area contributed by atoms with Gasteiger partial charge in [-0.2, -0.15) is 0 Å². The minimum Gasteiger partial charge on any atom is -0.466 e. The molecule has 5 nitrogen and oxygen atoms in total. The highest BCUT2D eigenvalue weighted by Gasteiger charge is 2.29. The van der Waals surface area contributed by atoms with E-state index >= 15 is 0 Å². The highest BCUT2D eigenvalue weighted by atomic mass is 16.5. The first-order valence-electron chi connectivity index (χ1n) is 8.23. The molecule has 0 saturated carbocycles. The van der Waals surface area contributed by atoms with Crippen LogP contribution in [-0.2, 0) is 19.1 Å². The van der Waals surface area contributed by atoms with Gasteiger partial charge in [0.05, 0.1) is 12.5 Å². The molecule has 2 aliphatic heterocycles. The van der Waals surface area contributed by atoms with Crippen LogP contribution >= 0.6 is 0 Å². The Morgan fingerprint density at radius 1 is 1.24 bits per heavy atom. The van der Waals surface area contributed by atoms with E-state index in [1.165, 1.54) is 0 Å². The van der Waals surface area contributed by atoms with E-state index in [9.17, 15) is 9.59 Å². The molecule has 1 unspecified atom stereocenters. The highest BCUT2D eigenvalue weighted by molar-refractivity contribution is 5.78. The van der Waals surface area contributed by atoms with Crippen molar-refractivity contribution >= 4 is 11.9 Å². The fourth-order valence-corrected chi connectivity index (χ4v) is 3.18. The second kappa shape index (κ2) is 8.37. The second-order valence-corrected chi connectivity index (χ2v) is 6.03. The predicted molar refractivity (Wildman–Crippen MR) is 78.7 cm³/mol. The molecule has 0 bridgehead atoms. The summed E-state index contributed by atoms with van der Waals surface area (Å²) in [6.45, 7) is 5.19. The molecule has 0 spiro atoms. The molecule has 0 radical (unpaired) electrons.